The van der Waals surface area contributed by atoms with Crippen molar-refractivity contribution in [3.63, 3.8) is 0 Å². The molecule has 32 heavy (non-hydrogen) atoms. The third-order valence-electron chi connectivity index (χ3n) is 5.70. The molecule has 1 aliphatic heterocycles. The number of hydrogen-bond acceptors (Lipinski definition) is 7. The summed E-state index contributed by atoms with van der Waals surface area (Å²) < 4.78 is 11.2. The smallest absolute Gasteiger partial charge is 0.344 e. The van der Waals surface area contributed by atoms with Crippen LogP contribution in [0.25, 0.3) is 16.5 Å². The Hall–Kier alpha value is -3.13. The molecule has 0 amide bonds. The number of ether oxygens (including phenoxy) is 1. The molecule has 0 saturated heterocycles. The lowest BCUT2D eigenvalue weighted by molar-refractivity contribution is 0.0210. The van der Waals surface area contributed by atoms with Gasteiger partial charge in [-0.2, -0.15) is 0 Å². The van der Waals surface area contributed by atoms with Crippen LogP contribution >= 0.6 is 0 Å². The summed E-state index contributed by atoms with van der Waals surface area (Å²) in [5.74, 6) is 0.469. The number of fused-ring (bicyclic) bond motifs is 2. The van der Waals surface area contributed by atoms with Gasteiger partial charge in [0.25, 0.3) is 0 Å². The van der Waals surface area contributed by atoms with Crippen LogP contribution in [0.5, 0.6) is 11.5 Å². The molecule has 2 N–H and O–H groups in total. The van der Waals surface area contributed by atoms with Crippen molar-refractivity contribution < 1.29 is 19.4 Å². The van der Waals surface area contributed by atoms with E-state index in [1.165, 1.54) is 6.08 Å². The average Bonchev–Trinajstić information content (AvgIpc) is 2.76. The van der Waals surface area contributed by atoms with E-state index in [0.717, 1.165) is 25.0 Å². The van der Waals surface area contributed by atoms with Gasteiger partial charge in [-0.05, 0) is 51.0 Å². The number of aromatic hydroxyl groups is 1. The molecule has 0 fully saturated rings. The maximum atomic E-state index is 12.8. The van der Waals surface area contributed by atoms with Crippen LogP contribution in [0.2, 0.25) is 0 Å². The predicted octanol–water partition coefficient (Wildman–Crippen LogP) is 3.02. The van der Waals surface area contributed by atoms with Crippen molar-refractivity contribution in [2.45, 2.75) is 19.8 Å². The number of aliphatic hydroxyl groups is 1. The number of likely N-dealkylation sites (N-methyl/N-ethyl adjacent to an activating group) is 2. The molecule has 7 heteroatoms. The summed E-state index contributed by atoms with van der Waals surface area (Å²) in [5, 5.41) is 21.9. The van der Waals surface area contributed by atoms with Crippen molar-refractivity contribution in [3.05, 3.63) is 75.7 Å². The van der Waals surface area contributed by atoms with Gasteiger partial charge < -0.3 is 24.3 Å². The van der Waals surface area contributed by atoms with E-state index in [9.17, 15) is 15.0 Å². The molecule has 1 unspecified atom stereocenters. The van der Waals surface area contributed by atoms with Gasteiger partial charge in [0.15, 0.2) is 0 Å². The van der Waals surface area contributed by atoms with Crippen molar-refractivity contribution >= 4 is 16.5 Å². The normalized spacial score (nSPS) is 15.7. The third kappa shape index (κ3) is 4.41. The molecule has 3 aromatic rings. The largest absolute Gasteiger partial charge is 0.507 e. The van der Waals surface area contributed by atoms with Gasteiger partial charge >= 0.3 is 5.63 Å². The molecule has 7 nitrogen and oxygen atoms in total. The van der Waals surface area contributed by atoms with Gasteiger partial charge in [-0.3, -0.25) is 4.90 Å². The van der Waals surface area contributed by atoms with E-state index in [1.807, 2.05) is 32.3 Å². The first-order valence-corrected chi connectivity index (χ1v) is 10.7. The van der Waals surface area contributed by atoms with Crippen LogP contribution in [0.1, 0.15) is 23.6 Å². The first kappa shape index (κ1) is 22.1. The minimum atomic E-state index is -1.25. The van der Waals surface area contributed by atoms with Crippen LogP contribution in [-0.4, -0.2) is 60.0 Å². The van der Waals surface area contributed by atoms with Gasteiger partial charge in [-0.1, -0.05) is 25.1 Å². The lowest BCUT2D eigenvalue weighted by Gasteiger charge is -2.28. The molecule has 2 aromatic carbocycles. The lowest BCUT2D eigenvalue weighted by Crippen LogP contribution is -2.32. The van der Waals surface area contributed by atoms with E-state index < -0.39 is 11.9 Å². The van der Waals surface area contributed by atoms with Gasteiger partial charge in [0.05, 0.1) is 11.1 Å². The number of phenols is 1. The molecule has 168 valence electrons. The number of para-hydroxylation sites is 1. The van der Waals surface area contributed by atoms with E-state index in [0.29, 0.717) is 40.1 Å². The Labute approximate surface area is 186 Å². The fourth-order valence-electron chi connectivity index (χ4n) is 3.90. The summed E-state index contributed by atoms with van der Waals surface area (Å²) >= 11 is 0. The Kier molecular flexibility index (Phi) is 6.32. The summed E-state index contributed by atoms with van der Waals surface area (Å²) in [6.45, 7) is 4.98. The van der Waals surface area contributed by atoms with Gasteiger partial charge in [0.2, 0.25) is 6.29 Å². The summed E-state index contributed by atoms with van der Waals surface area (Å²) in [5.41, 5.74) is 2.08. The Bertz CT molecular complexity index is 1210. The number of rotatable bonds is 7. The molecule has 0 aliphatic carbocycles. The maximum absolute atomic E-state index is 12.8. The second-order valence-electron chi connectivity index (χ2n) is 8.19. The average molecular weight is 437 g/mol. The second kappa shape index (κ2) is 9.16. The molecule has 0 bridgehead atoms. The van der Waals surface area contributed by atoms with Crippen LogP contribution in [-0.2, 0) is 6.54 Å². The Balaban J connectivity index is 1.78. The third-order valence-corrected chi connectivity index (χ3v) is 5.70. The fraction of sp³-hybridized carbons (Fsp3) is 0.320. The summed E-state index contributed by atoms with van der Waals surface area (Å²) in [6, 6.07) is 12.4. The van der Waals surface area contributed by atoms with Crippen molar-refractivity contribution in [2.24, 2.45) is 0 Å². The van der Waals surface area contributed by atoms with E-state index in [2.05, 4.69) is 16.7 Å². The SMILES string of the molecule is CCN(CCN(C)C)Cc1c(O)ccc2c1OC(O)C=C2c1cc2ccccc2oc1=O. The summed E-state index contributed by atoms with van der Waals surface area (Å²) in [7, 11) is 4.03. The zero-order valence-corrected chi connectivity index (χ0v) is 18.5. The molecule has 0 radical (unpaired) electrons. The molecule has 0 saturated carbocycles. The highest BCUT2D eigenvalue weighted by Crippen LogP contribution is 2.41. The molecule has 1 atom stereocenters. The monoisotopic (exact) mass is 436 g/mol. The van der Waals surface area contributed by atoms with E-state index in [1.54, 1.807) is 24.3 Å². The minimum absolute atomic E-state index is 0.0889. The number of benzene rings is 2. The number of phenolic OH excluding ortho intramolecular Hbond substituents is 1. The molecule has 1 aliphatic rings. The van der Waals surface area contributed by atoms with Crippen LogP contribution in [0.3, 0.4) is 0 Å². The maximum Gasteiger partial charge on any atom is 0.344 e. The minimum Gasteiger partial charge on any atom is -0.507 e. The molecule has 2 heterocycles. The number of hydrogen-bond donors (Lipinski definition) is 2. The topological polar surface area (TPSA) is 86.4 Å². The lowest BCUT2D eigenvalue weighted by atomic mass is 9.93. The van der Waals surface area contributed by atoms with Gasteiger partial charge in [-0.25, -0.2) is 4.79 Å². The first-order chi connectivity index (χ1) is 15.4. The van der Waals surface area contributed by atoms with Crippen LogP contribution in [0, 0.1) is 0 Å². The fourth-order valence-corrected chi connectivity index (χ4v) is 3.90. The van der Waals surface area contributed by atoms with Crippen molar-refractivity contribution in [1.82, 2.24) is 9.80 Å². The molecule has 1 aromatic heterocycles. The van der Waals surface area contributed by atoms with Crippen molar-refractivity contribution in [3.8, 4) is 11.5 Å². The highest BCUT2D eigenvalue weighted by atomic mass is 16.6. The highest BCUT2D eigenvalue weighted by molar-refractivity contribution is 5.88. The number of aliphatic hydroxyl groups excluding tert-OH is 1. The van der Waals surface area contributed by atoms with Gasteiger partial charge in [-0.15, -0.1) is 0 Å². The van der Waals surface area contributed by atoms with E-state index >= 15 is 0 Å². The van der Waals surface area contributed by atoms with Crippen molar-refractivity contribution in [2.75, 3.05) is 33.7 Å². The zero-order chi connectivity index (χ0) is 22.8. The van der Waals surface area contributed by atoms with Gasteiger partial charge in [0.1, 0.15) is 17.1 Å². The summed E-state index contributed by atoms with van der Waals surface area (Å²) in [6.07, 6.45) is 0.245. The Morgan fingerprint density at radius 2 is 1.84 bits per heavy atom. The molecule has 0 spiro atoms. The van der Waals surface area contributed by atoms with E-state index in [-0.39, 0.29) is 5.75 Å². The summed E-state index contributed by atoms with van der Waals surface area (Å²) in [4.78, 5) is 17.1. The second-order valence-corrected chi connectivity index (χ2v) is 8.19. The molecule has 4 rings (SSSR count). The zero-order valence-electron chi connectivity index (χ0n) is 18.5. The highest BCUT2D eigenvalue weighted by Gasteiger charge is 2.27. The quantitative estimate of drug-likeness (QED) is 0.551. The number of nitrogens with zero attached hydrogens (tertiary/aromatic N) is 2. The Morgan fingerprint density at radius 3 is 2.59 bits per heavy atom. The van der Waals surface area contributed by atoms with Crippen molar-refractivity contribution in [1.29, 1.82) is 0 Å². The predicted molar refractivity (Wildman–Crippen MR) is 124 cm³/mol. The van der Waals surface area contributed by atoms with Crippen LogP contribution in [0.4, 0.5) is 0 Å². The standard InChI is InChI=1S/C25H28N2O5/c1-4-27(12-11-26(2)3)15-20-21(28)10-9-17-18(14-23(29)32-24(17)20)19-13-16-7-5-6-8-22(16)31-25(19)30/h5-10,13-14,23,28-29H,4,11-12,15H2,1-3H3. The van der Waals surface area contributed by atoms with Crippen LogP contribution in [0.15, 0.2) is 57.8 Å². The van der Waals surface area contributed by atoms with Gasteiger partial charge in [0, 0.05) is 36.2 Å². The molecular weight excluding hydrogens is 408 g/mol. The Morgan fingerprint density at radius 1 is 1.06 bits per heavy atom. The first-order valence-electron chi connectivity index (χ1n) is 10.7. The van der Waals surface area contributed by atoms with Crippen LogP contribution < -0.4 is 10.4 Å². The molecular formula is C25H28N2O5. The van der Waals surface area contributed by atoms with E-state index in [4.69, 9.17) is 9.15 Å².